The molecule has 1 aliphatic rings. The molecule has 1 aromatic heterocycles. The number of unbranched alkanes of at least 4 members (excludes halogenated alkanes) is 1. The maximum atomic E-state index is 12.9. The Morgan fingerprint density at radius 3 is 2.55 bits per heavy atom. The summed E-state index contributed by atoms with van der Waals surface area (Å²) in [5.74, 6) is 0. The summed E-state index contributed by atoms with van der Waals surface area (Å²) < 4.78 is 1.97. The van der Waals surface area contributed by atoms with Crippen LogP contribution in [-0.4, -0.2) is 4.57 Å². The number of pyridine rings is 1. The van der Waals surface area contributed by atoms with E-state index in [9.17, 15) is 4.79 Å². The minimum atomic E-state index is 0.141. The van der Waals surface area contributed by atoms with Gasteiger partial charge in [-0.15, -0.1) is 0 Å². The van der Waals surface area contributed by atoms with Crippen LogP contribution in [0.2, 0.25) is 0 Å². The molecule has 2 heterocycles. The fraction of sp³-hybridized carbons (Fsp3) is 0.250. The Balaban J connectivity index is 2.10. The van der Waals surface area contributed by atoms with Crippen molar-refractivity contribution in [1.29, 1.82) is 0 Å². The Morgan fingerprint density at radius 2 is 1.73 bits per heavy atom. The van der Waals surface area contributed by atoms with Crippen LogP contribution in [0, 0.1) is 0 Å². The summed E-state index contributed by atoms with van der Waals surface area (Å²) in [7, 11) is 0. The van der Waals surface area contributed by atoms with E-state index in [0.717, 1.165) is 35.7 Å². The number of aromatic nitrogens is 1. The molecule has 0 aliphatic carbocycles. The maximum absolute atomic E-state index is 12.9. The van der Waals surface area contributed by atoms with Crippen molar-refractivity contribution in [3.05, 3.63) is 70.0 Å². The number of hydrogen-bond acceptors (Lipinski definition) is 1. The summed E-state index contributed by atoms with van der Waals surface area (Å²) in [4.78, 5) is 12.9. The van der Waals surface area contributed by atoms with Crippen molar-refractivity contribution in [1.82, 2.24) is 4.57 Å². The lowest BCUT2D eigenvalue weighted by Gasteiger charge is -2.14. The molecule has 22 heavy (non-hydrogen) atoms. The average Bonchev–Trinajstić information content (AvgIpc) is 2.95. The Kier molecular flexibility index (Phi) is 3.11. The molecule has 4 rings (SSSR count). The van der Waals surface area contributed by atoms with Gasteiger partial charge in [-0.3, -0.25) is 4.79 Å². The van der Waals surface area contributed by atoms with Gasteiger partial charge >= 0.3 is 0 Å². The number of nitrogens with zero attached hydrogens (tertiary/aromatic N) is 1. The van der Waals surface area contributed by atoms with Crippen LogP contribution >= 0.6 is 0 Å². The van der Waals surface area contributed by atoms with Crippen molar-refractivity contribution >= 4 is 10.8 Å². The fourth-order valence-electron chi connectivity index (χ4n) is 3.60. The zero-order valence-corrected chi connectivity index (χ0v) is 12.8. The van der Waals surface area contributed by atoms with Gasteiger partial charge in [0.15, 0.2) is 0 Å². The monoisotopic (exact) mass is 289 g/mol. The van der Waals surface area contributed by atoms with E-state index in [-0.39, 0.29) is 5.56 Å². The van der Waals surface area contributed by atoms with Crippen molar-refractivity contribution < 1.29 is 0 Å². The van der Waals surface area contributed by atoms with Crippen LogP contribution in [0.15, 0.2) is 53.3 Å². The highest BCUT2D eigenvalue weighted by atomic mass is 16.1. The SMILES string of the molecule is CCCCc1c2n(c(=O)c3ccccc13)Cc1ccccc1-2. The highest BCUT2D eigenvalue weighted by Gasteiger charge is 2.24. The summed E-state index contributed by atoms with van der Waals surface area (Å²) >= 11 is 0. The van der Waals surface area contributed by atoms with Gasteiger partial charge in [0.1, 0.15) is 0 Å². The molecule has 0 saturated carbocycles. The van der Waals surface area contributed by atoms with Gasteiger partial charge in [0, 0.05) is 10.9 Å². The van der Waals surface area contributed by atoms with E-state index < -0.39 is 0 Å². The lowest BCUT2D eigenvalue weighted by atomic mass is 9.95. The van der Waals surface area contributed by atoms with E-state index in [1.807, 2.05) is 22.8 Å². The molecular weight excluding hydrogens is 270 g/mol. The van der Waals surface area contributed by atoms with Crippen LogP contribution in [0.4, 0.5) is 0 Å². The molecule has 0 N–H and O–H groups in total. The summed E-state index contributed by atoms with van der Waals surface area (Å²) in [6.45, 7) is 2.92. The van der Waals surface area contributed by atoms with Gasteiger partial charge in [0.2, 0.25) is 0 Å². The second kappa shape index (κ2) is 5.13. The Morgan fingerprint density at radius 1 is 1.00 bits per heavy atom. The smallest absolute Gasteiger partial charge is 0.259 e. The minimum absolute atomic E-state index is 0.141. The first-order valence-corrected chi connectivity index (χ1v) is 8.04. The lowest BCUT2D eigenvalue weighted by molar-refractivity contribution is 0.771. The molecule has 0 radical (unpaired) electrons. The molecule has 0 fully saturated rings. The predicted molar refractivity (Wildman–Crippen MR) is 91.4 cm³/mol. The molecule has 0 atom stereocenters. The Hall–Kier alpha value is -2.35. The molecule has 0 amide bonds. The second-order valence-electron chi connectivity index (χ2n) is 6.02. The summed E-state index contributed by atoms with van der Waals surface area (Å²) in [6.07, 6.45) is 3.34. The fourth-order valence-corrected chi connectivity index (χ4v) is 3.60. The van der Waals surface area contributed by atoms with Gasteiger partial charge in [0.05, 0.1) is 12.2 Å². The third-order valence-corrected chi connectivity index (χ3v) is 4.66. The highest BCUT2D eigenvalue weighted by molar-refractivity contribution is 5.91. The van der Waals surface area contributed by atoms with E-state index in [2.05, 4.69) is 37.3 Å². The van der Waals surface area contributed by atoms with E-state index in [1.165, 1.54) is 16.7 Å². The Labute approximate surface area is 130 Å². The first-order valence-electron chi connectivity index (χ1n) is 8.04. The van der Waals surface area contributed by atoms with E-state index in [0.29, 0.717) is 6.54 Å². The molecule has 2 nitrogen and oxygen atoms in total. The predicted octanol–water partition coefficient (Wildman–Crippen LogP) is 4.37. The van der Waals surface area contributed by atoms with Crippen LogP contribution in [0.3, 0.4) is 0 Å². The molecular formula is C20H19NO. The molecule has 0 saturated heterocycles. The van der Waals surface area contributed by atoms with Gasteiger partial charge in [0.25, 0.3) is 5.56 Å². The largest absolute Gasteiger partial charge is 0.303 e. The van der Waals surface area contributed by atoms with Gasteiger partial charge < -0.3 is 4.57 Å². The van der Waals surface area contributed by atoms with Crippen molar-refractivity contribution in [3.63, 3.8) is 0 Å². The van der Waals surface area contributed by atoms with Crippen molar-refractivity contribution in [3.8, 4) is 11.3 Å². The highest BCUT2D eigenvalue weighted by Crippen LogP contribution is 2.36. The molecule has 3 aromatic rings. The summed E-state index contributed by atoms with van der Waals surface area (Å²) in [6, 6.07) is 16.5. The average molecular weight is 289 g/mol. The van der Waals surface area contributed by atoms with Crippen LogP contribution in [0.1, 0.15) is 30.9 Å². The van der Waals surface area contributed by atoms with Crippen molar-refractivity contribution in [2.75, 3.05) is 0 Å². The number of fused-ring (bicyclic) bond motifs is 4. The van der Waals surface area contributed by atoms with Gasteiger partial charge in [-0.05, 0) is 35.4 Å². The standard InChI is InChI=1S/C20H19NO/c1-2-3-9-17-16-11-6-7-12-18(16)20(22)21-13-14-8-4-5-10-15(14)19(17)21/h4-8,10-12H,2-3,9,13H2,1H3. The number of aryl methyl sites for hydroxylation is 1. The van der Waals surface area contributed by atoms with E-state index >= 15 is 0 Å². The van der Waals surface area contributed by atoms with Crippen LogP contribution in [0.25, 0.3) is 22.0 Å². The van der Waals surface area contributed by atoms with Gasteiger partial charge in [-0.25, -0.2) is 0 Å². The van der Waals surface area contributed by atoms with E-state index in [1.54, 1.807) is 0 Å². The number of rotatable bonds is 3. The zero-order valence-electron chi connectivity index (χ0n) is 12.8. The molecule has 0 spiro atoms. The second-order valence-corrected chi connectivity index (χ2v) is 6.02. The molecule has 2 heteroatoms. The molecule has 110 valence electrons. The van der Waals surface area contributed by atoms with Crippen LogP contribution in [0.5, 0.6) is 0 Å². The third kappa shape index (κ3) is 1.83. The van der Waals surface area contributed by atoms with Crippen LogP contribution in [-0.2, 0) is 13.0 Å². The molecule has 0 unspecified atom stereocenters. The molecule has 2 aromatic carbocycles. The zero-order chi connectivity index (χ0) is 15.1. The van der Waals surface area contributed by atoms with Gasteiger partial charge in [-0.2, -0.15) is 0 Å². The Bertz CT molecular complexity index is 921. The third-order valence-electron chi connectivity index (χ3n) is 4.66. The normalized spacial score (nSPS) is 12.4. The minimum Gasteiger partial charge on any atom is -0.303 e. The molecule has 0 bridgehead atoms. The van der Waals surface area contributed by atoms with Crippen molar-refractivity contribution in [2.24, 2.45) is 0 Å². The van der Waals surface area contributed by atoms with Gasteiger partial charge in [-0.1, -0.05) is 55.8 Å². The number of hydrogen-bond donors (Lipinski definition) is 0. The maximum Gasteiger partial charge on any atom is 0.259 e. The quantitative estimate of drug-likeness (QED) is 0.549. The molecule has 1 aliphatic heterocycles. The summed E-state index contributed by atoms with van der Waals surface area (Å²) in [5.41, 5.74) is 5.11. The summed E-state index contributed by atoms with van der Waals surface area (Å²) in [5, 5.41) is 1.98. The first-order chi connectivity index (χ1) is 10.8. The van der Waals surface area contributed by atoms with Crippen molar-refractivity contribution in [2.45, 2.75) is 32.7 Å². The first kappa shape index (κ1) is 13.3. The lowest BCUT2D eigenvalue weighted by Crippen LogP contribution is -2.20. The number of benzene rings is 2. The van der Waals surface area contributed by atoms with E-state index in [4.69, 9.17) is 0 Å². The topological polar surface area (TPSA) is 22.0 Å². The van der Waals surface area contributed by atoms with Crippen LogP contribution < -0.4 is 5.56 Å².